The van der Waals surface area contributed by atoms with Gasteiger partial charge < -0.3 is 5.11 Å². The highest BCUT2D eigenvalue weighted by Crippen LogP contribution is 2.42. The Hall–Kier alpha value is -0.740. The summed E-state index contributed by atoms with van der Waals surface area (Å²) in [6, 6.07) is 0. The first-order valence-corrected chi connectivity index (χ1v) is 4.67. The minimum atomic E-state index is 0.198. The molecule has 0 heterocycles. The standard InChI is InChI=1S/C11H14O/c12-6-2-1-3-10-7-9-4-5-11(10)8-9/h4-5,9-12H,2,6-8H2. The van der Waals surface area contributed by atoms with Crippen LogP contribution in [0.4, 0.5) is 0 Å². The average molecular weight is 162 g/mol. The van der Waals surface area contributed by atoms with E-state index in [9.17, 15) is 0 Å². The zero-order valence-corrected chi connectivity index (χ0v) is 7.16. The molecule has 0 aromatic carbocycles. The second kappa shape index (κ2) is 3.33. The first-order valence-electron chi connectivity index (χ1n) is 4.67. The summed E-state index contributed by atoms with van der Waals surface area (Å²) in [5, 5.41) is 8.56. The molecule has 0 amide bonds. The molecule has 12 heavy (non-hydrogen) atoms. The number of hydrogen-bond acceptors (Lipinski definition) is 1. The van der Waals surface area contributed by atoms with Gasteiger partial charge >= 0.3 is 0 Å². The van der Waals surface area contributed by atoms with Crippen molar-refractivity contribution < 1.29 is 5.11 Å². The van der Waals surface area contributed by atoms with E-state index in [0.717, 1.165) is 11.8 Å². The van der Waals surface area contributed by atoms with Crippen LogP contribution in [0.1, 0.15) is 19.3 Å². The van der Waals surface area contributed by atoms with Crippen molar-refractivity contribution in [2.75, 3.05) is 6.61 Å². The van der Waals surface area contributed by atoms with E-state index in [-0.39, 0.29) is 6.61 Å². The van der Waals surface area contributed by atoms with Gasteiger partial charge in [0.15, 0.2) is 0 Å². The van der Waals surface area contributed by atoms with E-state index in [1.54, 1.807) is 0 Å². The molecule has 1 nitrogen and oxygen atoms in total. The Bertz CT molecular complexity index is 243. The lowest BCUT2D eigenvalue weighted by Crippen LogP contribution is -2.03. The van der Waals surface area contributed by atoms with Gasteiger partial charge in [-0.15, -0.1) is 5.92 Å². The molecule has 0 saturated heterocycles. The molecule has 2 aliphatic carbocycles. The number of allylic oxidation sites excluding steroid dienone is 2. The monoisotopic (exact) mass is 162 g/mol. The van der Waals surface area contributed by atoms with Crippen LogP contribution in [0.3, 0.4) is 0 Å². The summed E-state index contributed by atoms with van der Waals surface area (Å²) in [6.45, 7) is 0.198. The Morgan fingerprint density at radius 2 is 2.25 bits per heavy atom. The van der Waals surface area contributed by atoms with Gasteiger partial charge in [-0.3, -0.25) is 0 Å². The second-order valence-corrected chi connectivity index (χ2v) is 3.68. The smallest absolute Gasteiger partial charge is 0.0540 e. The maximum atomic E-state index is 8.56. The Morgan fingerprint density at radius 1 is 1.33 bits per heavy atom. The van der Waals surface area contributed by atoms with Crippen LogP contribution in [-0.4, -0.2) is 11.7 Å². The fraction of sp³-hybridized carbons (Fsp3) is 0.636. The maximum absolute atomic E-state index is 8.56. The molecule has 0 aromatic rings. The summed E-state index contributed by atoms with van der Waals surface area (Å²) in [6.07, 6.45) is 7.84. The second-order valence-electron chi connectivity index (χ2n) is 3.68. The van der Waals surface area contributed by atoms with E-state index in [2.05, 4.69) is 24.0 Å². The van der Waals surface area contributed by atoms with Crippen LogP contribution < -0.4 is 0 Å². The summed E-state index contributed by atoms with van der Waals surface area (Å²) >= 11 is 0. The predicted molar refractivity (Wildman–Crippen MR) is 48.3 cm³/mol. The van der Waals surface area contributed by atoms with Crippen LogP contribution in [0.15, 0.2) is 12.2 Å². The van der Waals surface area contributed by atoms with E-state index in [4.69, 9.17) is 5.11 Å². The number of aliphatic hydroxyl groups excluding tert-OH is 1. The van der Waals surface area contributed by atoms with Crippen LogP contribution in [0.2, 0.25) is 0 Å². The normalized spacial score (nSPS) is 36.6. The van der Waals surface area contributed by atoms with Gasteiger partial charge in [0.05, 0.1) is 6.61 Å². The molecule has 1 heteroatoms. The van der Waals surface area contributed by atoms with Crippen molar-refractivity contribution in [3.8, 4) is 11.8 Å². The lowest BCUT2D eigenvalue weighted by atomic mass is 9.94. The van der Waals surface area contributed by atoms with Gasteiger partial charge in [-0.25, -0.2) is 0 Å². The fourth-order valence-electron chi connectivity index (χ4n) is 2.21. The summed E-state index contributed by atoms with van der Waals surface area (Å²) in [5.41, 5.74) is 0. The van der Waals surface area contributed by atoms with Gasteiger partial charge in [0.1, 0.15) is 0 Å². The minimum absolute atomic E-state index is 0.198. The SMILES string of the molecule is OCCC#CC1CC2C=CC1C2. The Kier molecular flexibility index (Phi) is 2.19. The number of fused-ring (bicyclic) bond motifs is 2. The third-order valence-electron chi connectivity index (χ3n) is 2.80. The fourth-order valence-corrected chi connectivity index (χ4v) is 2.21. The van der Waals surface area contributed by atoms with Crippen LogP contribution in [0.25, 0.3) is 0 Å². The first kappa shape index (κ1) is 7.89. The zero-order chi connectivity index (χ0) is 8.39. The summed E-state index contributed by atoms with van der Waals surface area (Å²) < 4.78 is 0. The van der Waals surface area contributed by atoms with E-state index in [1.165, 1.54) is 12.8 Å². The Morgan fingerprint density at radius 3 is 2.83 bits per heavy atom. The third kappa shape index (κ3) is 1.40. The Labute approximate surface area is 73.5 Å². The zero-order valence-electron chi connectivity index (χ0n) is 7.16. The highest BCUT2D eigenvalue weighted by Gasteiger charge is 2.34. The molecule has 3 atom stereocenters. The van der Waals surface area contributed by atoms with Crippen molar-refractivity contribution in [2.45, 2.75) is 19.3 Å². The molecule has 2 bridgehead atoms. The molecular formula is C11H14O. The van der Waals surface area contributed by atoms with Crippen molar-refractivity contribution in [3.05, 3.63) is 12.2 Å². The molecule has 1 saturated carbocycles. The molecule has 2 rings (SSSR count). The van der Waals surface area contributed by atoms with Crippen molar-refractivity contribution in [3.63, 3.8) is 0 Å². The van der Waals surface area contributed by atoms with Crippen molar-refractivity contribution in [1.29, 1.82) is 0 Å². The number of rotatable bonds is 1. The van der Waals surface area contributed by atoms with Gasteiger partial charge in [0.2, 0.25) is 0 Å². The topological polar surface area (TPSA) is 20.2 Å². The maximum Gasteiger partial charge on any atom is 0.0540 e. The highest BCUT2D eigenvalue weighted by atomic mass is 16.2. The molecule has 64 valence electrons. The molecular weight excluding hydrogens is 148 g/mol. The van der Waals surface area contributed by atoms with Gasteiger partial charge in [-0.05, 0) is 24.7 Å². The van der Waals surface area contributed by atoms with E-state index >= 15 is 0 Å². The lowest BCUT2D eigenvalue weighted by molar-refractivity contribution is 0.305. The van der Waals surface area contributed by atoms with Gasteiger partial charge in [-0.2, -0.15) is 0 Å². The van der Waals surface area contributed by atoms with Crippen LogP contribution in [0, 0.1) is 29.6 Å². The summed E-state index contributed by atoms with van der Waals surface area (Å²) in [7, 11) is 0. The van der Waals surface area contributed by atoms with E-state index in [0.29, 0.717) is 12.3 Å². The molecule has 2 aliphatic rings. The molecule has 1 fully saturated rings. The average Bonchev–Trinajstić information content (AvgIpc) is 2.65. The van der Waals surface area contributed by atoms with Crippen molar-refractivity contribution >= 4 is 0 Å². The Balaban J connectivity index is 1.92. The quantitative estimate of drug-likeness (QED) is 0.458. The number of hydrogen-bond donors (Lipinski definition) is 1. The molecule has 0 radical (unpaired) electrons. The predicted octanol–water partition coefficient (Wildman–Crippen LogP) is 1.58. The van der Waals surface area contributed by atoms with Crippen LogP contribution in [-0.2, 0) is 0 Å². The number of aliphatic hydroxyl groups is 1. The third-order valence-corrected chi connectivity index (χ3v) is 2.80. The molecule has 1 N–H and O–H groups in total. The first-order chi connectivity index (χ1) is 5.90. The van der Waals surface area contributed by atoms with Gasteiger partial charge in [-0.1, -0.05) is 18.1 Å². The van der Waals surface area contributed by atoms with Crippen molar-refractivity contribution in [2.24, 2.45) is 17.8 Å². The van der Waals surface area contributed by atoms with Gasteiger partial charge in [0.25, 0.3) is 0 Å². The highest BCUT2D eigenvalue weighted by molar-refractivity contribution is 5.18. The van der Waals surface area contributed by atoms with Gasteiger partial charge in [0, 0.05) is 12.3 Å². The van der Waals surface area contributed by atoms with E-state index < -0.39 is 0 Å². The van der Waals surface area contributed by atoms with E-state index in [1.807, 2.05) is 0 Å². The molecule has 0 aliphatic heterocycles. The summed E-state index contributed by atoms with van der Waals surface area (Å²) in [4.78, 5) is 0. The van der Waals surface area contributed by atoms with Crippen LogP contribution in [0.5, 0.6) is 0 Å². The largest absolute Gasteiger partial charge is 0.395 e. The van der Waals surface area contributed by atoms with Crippen LogP contribution >= 0.6 is 0 Å². The summed E-state index contributed by atoms with van der Waals surface area (Å²) in [5.74, 6) is 8.40. The molecule has 0 aromatic heterocycles. The molecule has 3 unspecified atom stereocenters. The lowest BCUT2D eigenvalue weighted by Gasteiger charge is -2.09. The minimum Gasteiger partial charge on any atom is -0.395 e. The molecule has 0 spiro atoms. The van der Waals surface area contributed by atoms with Crippen molar-refractivity contribution in [1.82, 2.24) is 0 Å².